The Hall–Kier alpha value is -0.460. The van der Waals surface area contributed by atoms with Crippen LogP contribution >= 0.6 is 15.9 Å². The van der Waals surface area contributed by atoms with Gasteiger partial charge in [0.05, 0.1) is 5.75 Å². The minimum absolute atomic E-state index is 0.101. The van der Waals surface area contributed by atoms with E-state index < -0.39 is 10.0 Å². The van der Waals surface area contributed by atoms with Crippen LogP contribution in [0.4, 0.5) is 0 Å². The van der Waals surface area contributed by atoms with Gasteiger partial charge in [0.25, 0.3) is 0 Å². The summed E-state index contributed by atoms with van der Waals surface area (Å²) in [5, 5.41) is 0. The van der Waals surface area contributed by atoms with Crippen LogP contribution in [0.5, 0.6) is 0 Å². The Kier molecular flexibility index (Phi) is 5.36. The van der Waals surface area contributed by atoms with Gasteiger partial charge in [0.15, 0.2) is 0 Å². The van der Waals surface area contributed by atoms with Gasteiger partial charge in [0.1, 0.15) is 0 Å². The highest BCUT2D eigenvalue weighted by atomic mass is 79.9. The van der Waals surface area contributed by atoms with Gasteiger partial charge < -0.3 is 0 Å². The number of alkyl halides is 1. The van der Waals surface area contributed by atoms with Gasteiger partial charge in [-0.3, -0.25) is 4.98 Å². The topological polar surface area (TPSA) is 59.1 Å². The lowest BCUT2D eigenvalue weighted by atomic mass is 10.1. The molecule has 19 heavy (non-hydrogen) atoms. The average Bonchev–Trinajstić information content (AvgIpc) is 2.81. The zero-order valence-electron chi connectivity index (χ0n) is 10.8. The fourth-order valence-electron chi connectivity index (χ4n) is 2.31. The number of hydrogen-bond donors (Lipinski definition) is 1. The van der Waals surface area contributed by atoms with Crippen LogP contribution in [0.1, 0.15) is 25.0 Å². The Balaban J connectivity index is 1.79. The van der Waals surface area contributed by atoms with Crippen LogP contribution in [0.3, 0.4) is 0 Å². The third kappa shape index (κ3) is 4.85. The highest BCUT2D eigenvalue weighted by molar-refractivity contribution is 9.09. The van der Waals surface area contributed by atoms with Gasteiger partial charge >= 0.3 is 0 Å². The van der Waals surface area contributed by atoms with Gasteiger partial charge in [-0.15, -0.1) is 0 Å². The highest BCUT2D eigenvalue weighted by Gasteiger charge is 2.26. The quantitative estimate of drug-likeness (QED) is 0.802. The Morgan fingerprint density at radius 1 is 1.37 bits per heavy atom. The Morgan fingerprint density at radius 3 is 2.84 bits per heavy atom. The molecule has 2 atom stereocenters. The normalized spacial score (nSPS) is 23.6. The molecule has 106 valence electrons. The van der Waals surface area contributed by atoms with Gasteiger partial charge in [0, 0.05) is 29.7 Å². The molecule has 1 heterocycles. The van der Waals surface area contributed by atoms with Crippen molar-refractivity contribution in [3.63, 3.8) is 0 Å². The third-order valence-corrected chi connectivity index (χ3v) is 6.04. The third-order valence-electron chi connectivity index (χ3n) is 3.48. The molecule has 1 fully saturated rings. The van der Waals surface area contributed by atoms with Crippen molar-refractivity contribution < 1.29 is 8.42 Å². The maximum absolute atomic E-state index is 11.9. The molecule has 1 aromatic rings. The summed E-state index contributed by atoms with van der Waals surface area (Å²) in [6.45, 7) is 0.542. The molecule has 6 heteroatoms. The number of pyridine rings is 1. The summed E-state index contributed by atoms with van der Waals surface area (Å²) >= 11 is 3.60. The fourth-order valence-corrected chi connectivity index (χ4v) is 4.18. The molecule has 1 saturated carbocycles. The summed E-state index contributed by atoms with van der Waals surface area (Å²) in [5.74, 6) is 0.522. The van der Waals surface area contributed by atoms with Gasteiger partial charge in [-0.2, -0.15) is 0 Å². The van der Waals surface area contributed by atoms with Crippen LogP contribution in [0, 0.1) is 5.92 Å². The second kappa shape index (κ2) is 6.81. The summed E-state index contributed by atoms with van der Waals surface area (Å²) in [6.07, 6.45) is 5.55. The number of hydrogen-bond acceptors (Lipinski definition) is 3. The molecule has 4 nitrogen and oxygen atoms in total. The van der Waals surface area contributed by atoms with E-state index in [1.807, 2.05) is 18.2 Å². The number of aromatic nitrogens is 1. The molecule has 0 bridgehead atoms. The molecule has 0 amide bonds. The summed E-state index contributed by atoms with van der Waals surface area (Å²) < 4.78 is 26.5. The summed E-state index contributed by atoms with van der Waals surface area (Å²) in [6, 6.07) is 5.55. The van der Waals surface area contributed by atoms with Crippen LogP contribution < -0.4 is 4.72 Å². The molecular formula is C13H19BrN2O2S. The lowest BCUT2D eigenvalue weighted by molar-refractivity contribution is 0.529. The van der Waals surface area contributed by atoms with Crippen molar-refractivity contribution in [3.05, 3.63) is 30.1 Å². The van der Waals surface area contributed by atoms with Crippen molar-refractivity contribution >= 4 is 26.0 Å². The molecule has 1 aliphatic carbocycles. The number of rotatable bonds is 6. The summed E-state index contributed by atoms with van der Waals surface area (Å²) in [4.78, 5) is 4.58. The second-order valence-corrected chi connectivity index (χ2v) is 8.05. The highest BCUT2D eigenvalue weighted by Crippen LogP contribution is 2.30. The lowest BCUT2D eigenvalue weighted by Crippen LogP contribution is -2.33. The molecule has 0 aliphatic heterocycles. The Labute approximate surface area is 123 Å². The zero-order valence-corrected chi connectivity index (χ0v) is 13.2. The van der Waals surface area contributed by atoms with E-state index in [0.29, 0.717) is 23.7 Å². The van der Waals surface area contributed by atoms with Gasteiger partial charge in [-0.05, 0) is 30.9 Å². The van der Waals surface area contributed by atoms with Crippen molar-refractivity contribution in [1.29, 1.82) is 0 Å². The number of sulfonamides is 1. The first-order chi connectivity index (χ1) is 9.07. The fraction of sp³-hybridized carbons (Fsp3) is 0.615. The lowest BCUT2D eigenvalue weighted by Gasteiger charge is -2.14. The van der Waals surface area contributed by atoms with Gasteiger partial charge in [-0.25, -0.2) is 13.1 Å². The van der Waals surface area contributed by atoms with Crippen LogP contribution in [-0.2, 0) is 16.4 Å². The van der Waals surface area contributed by atoms with E-state index >= 15 is 0 Å². The van der Waals surface area contributed by atoms with Crippen LogP contribution in [0.15, 0.2) is 24.4 Å². The average molecular weight is 347 g/mol. The standard InChI is InChI=1S/C13H19BrN2O2S/c14-13-6-3-4-11(13)10-16-19(17,18)9-7-12-5-1-2-8-15-12/h1-2,5,8,11,13,16H,3-4,6-7,9-10H2. The molecule has 0 spiro atoms. The van der Waals surface area contributed by atoms with Crippen molar-refractivity contribution in [3.8, 4) is 0 Å². The van der Waals surface area contributed by atoms with Crippen molar-refractivity contribution in [1.82, 2.24) is 9.71 Å². The predicted octanol–water partition coefficient (Wildman–Crippen LogP) is 2.11. The molecule has 0 aromatic carbocycles. The van der Waals surface area contributed by atoms with Gasteiger partial charge in [0.2, 0.25) is 10.0 Å². The monoisotopic (exact) mass is 346 g/mol. The van der Waals surface area contributed by atoms with Crippen LogP contribution in [-0.4, -0.2) is 30.5 Å². The molecule has 0 saturated heterocycles. The van der Waals surface area contributed by atoms with E-state index in [2.05, 4.69) is 25.6 Å². The molecule has 1 aromatic heterocycles. The minimum atomic E-state index is -3.20. The summed E-state index contributed by atoms with van der Waals surface area (Å²) in [7, 11) is -3.20. The number of nitrogens with zero attached hydrogens (tertiary/aromatic N) is 1. The largest absolute Gasteiger partial charge is 0.261 e. The Morgan fingerprint density at radius 2 is 2.21 bits per heavy atom. The Bertz CT molecular complexity index is 493. The zero-order chi connectivity index (χ0) is 13.7. The first-order valence-corrected chi connectivity index (χ1v) is 9.15. The maximum atomic E-state index is 11.9. The predicted molar refractivity (Wildman–Crippen MR) is 79.8 cm³/mol. The van der Waals surface area contributed by atoms with E-state index in [0.717, 1.165) is 18.5 Å². The van der Waals surface area contributed by atoms with E-state index in [9.17, 15) is 8.42 Å². The molecule has 0 radical (unpaired) electrons. The van der Waals surface area contributed by atoms with E-state index in [-0.39, 0.29) is 5.75 Å². The SMILES string of the molecule is O=S(=O)(CCc1ccccn1)NCC1CCCC1Br. The number of halogens is 1. The minimum Gasteiger partial charge on any atom is -0.261 e. The van der Waals surface area contributed by atoms with Gasteiger partial charge in [-0.1, -0.05) is 28.4 Å². The maximum Gasteiger partial charge on any atom is 0.211 e. The summed E-state index contributed by atoms with van der Waals surface area (Å²) in [5.41, 5.74) is 0.812. The molecule has 2 unspecified atom stereocenters. The number of nitrogens with one attached hydrogen (secondary N) is 1. The second-order valence-electron chi connectivity index (χ2n) is 4.95. The van der Waals surface area contributed by atoms with Crippen molar-refractivity contribution in [2.75, 3.05) is 12.3 Å². The first kappa shape index (κ1) is 14.9. The van der Waals surface area contributed by atoms with E-state index in [4.69, 9.17) is 0 Å². The smallest absolute Gasteiger partial charge is 0.211 e. The molecule has 1 N–H and O–H groups in total. The number of aryl methyl sites for hydroxylation is 1. The van der Waals surface area contributed by atoms with Crippen LogP contribution in [0.2, 0.25) is 0 Å². The molecular weight excluding hydrogens is 328 g/mol. The molecule has 2 rings (SSSR count). The van der Waals surface area contributed by atoms with E-state index in [1.165, 1.54) is 6.42 Å². The van der Waals surface area contributed by atoms with Crippen molar-refractivity contribution in [2.24, 2.45) is 5.92 Å². The van der Waals surface area contributed by atoms with E-state index in [1.54, 1.807) is 6.20 Å². The van der Waals surface area contributed by atoms with Crippen molar-refractivity contribution in [2.45, 2.75) is 30.5 Å². The first-order valence-electron chi connectivity index (χ1n) is 6.58. The molecule has 1 aliphatic rings. The van der Waals surface area contributed by atoms with Crippen LogP contribution in [0.25, 0.3) is 0 Å².